The van der Waals surface area contributed by atoms with Crippen LogP contribution >= 0.6 is 23.4 Å². The molecule has 0 bridgehead atoms. The van der Waals surface area contributed by atoms with E-state index in [1.165, 1.54) is 0 Å². The molecule has 14 heavy (non-hydrogen) atoms. The lowest BCUT2D eigenvalue weighted by atomic mass is 9.96. The summed E-state index contributed by atoms with van der Waals surface area (Å²) in [5.74, 6) is 0.305. The van der Waals surface area contributed by atoms with Crippen LogP contribution in [0.2, 0.25) is 5.02 Å². The topological polar surface area (TPSA) is 17.1 Å². The molecule has 0 aromatic heterocycles. The Kier molecular flexibility index (Phi) is 2.58. The summed E-state index contributed by atoms with van der Waals surface area (Å²) < 4.78 is 0. The Morgan fingerprint density at radius 1 is 1.36 bits per heavy atom. The van der Waals surface area contributed by atoms with Gasteiger partial charge in [-0.05, 0) is 18.2 Å². The van der Waals surface area contributed by atoms with Crippen LogP contribution in [0.25, 0.3) is 0 Å². The number of hydrogen-bond donors (Lipinski definition) is 0. The molecule has 0 spiro atoms. The van der Waals surface area contributed by atoms with Gasteiger partial charge in [0, 0.05) is 26.6 Å². The van der Waals surface area contributed by atoms with Gasteiger partial charge in [0.25, 0.3) is 0 Å². The fraction of sp³-hybridized carbons (Fsp3) is 0.364. The number of fused-ring (bicyclic) bond motifs is 1. The van der Waals surface area contributed by atoms with E-state index in [1.54, 1.807) is 17.8 Å². The number of hydrogen-bond acceptors (Lipinski definition) is 2. The van der Waals surface area contributed by atoms with Crippen molar-refractivity contribution in [2.45, 2.75) is 24.0 Å². The molecule has 74 valence electrons. The summed E-state index contributed by atoms with van der Waals surface area (Å²) in [4.78, 5) is 13.0. The fourth-order valence-corrected chi connectivity index (χ4v) is 2.89. The number of rotatable bonds is 0. The largest absolute Gasteiger partial charge is 0.294 e. The summed E-state index contributed by atoms with van der Waals surface area (Å²) >= 11 is 7.62. The van der Waals surface area contributed by atoms with Crippen LogP contribution in [0.5, 0.6) is 0 Å². The zero-order valence-corrected chi connectivity index (χ0v) is 9.65. The van der Waals surface area contributed by atoms with Crippen molar-refractivity contribution in [2.75, 3.05) is 0 Å². The summed E-state index contributed by atoms with van der Waals surface area (Å²) in [7, 11) is 0. The van der Waals surface area contributed by atoms with Gasteiger partial charge in [0.2, 0.25) is 0 Å². The molecule has 0 fully saturated rings. The average Bonchev–Trinajstić information content (AvgIpc) is 2.16. The Morgan fingerprint density at radius 2 is 2.07 bits per heavy atom. The van der Waals surface area contributed by atoms with Crippen LogP contribution in [-0.4, -0.2) is 11.0 Å². The SMILES string of the molecule is CC1Sc2ccc(Cl)cc2C(=O)C1C. The second kappa shape index (κ2) is 3.59. The molecule has 1 aliphatic heterocycles. The third kappa shape index (κ3) is 1.57. The first-order chi connectivity index (χ1) is 6.59. The Balaban J connectivity index is 2.51. The minimum absolute atomic E-state index is 0.0889. The molecule has 2 rings (SSSR count). The van der Waals surface area contributed by atoms with Crippen molar-refractivity contribution in [3.05, 3.63) is 28.8 Å². The van der Waals surface area contributed by atoms with E-state index in [0.29, 0.717) is 10.3 Å². The van der Waals surface area contributed by atoms with Crippen molar-refractivity contribution < 1.29 is 4.79 Å². The molecule has 0 radical (unpaired) electrons. The predicted octanol–water partition coefficient (Wildman–Crippen LogP) is 3.65. The van der Waals surface area contributed by atoms with Gasteiger partial charge in [-0.25, -0.2) is 0 Å². The zero-order chi connectivity index (χ0) is 10.3. The standard InChI is InChI=1S/C11H11ClOS/c1-6-7(2)14-10-4-3-8(12)5-9(10)11(6)13/h3-7H,1-2H3. The molecule has 2 unspecified atom stereocenters. The number of thioether (sulfide) groups is 1. The molecule has 1 aromatic carbocycles. The van der Waals surface area contributed by atoms with Gasteiger partial charge >= 0.3 is 0 Å². The molecule has 1 heterocycles. The van der Waals surface area contributed by atoms with Crippen LogP contribution in [0.4, 0.5) is 0 Å². The molecule has 0 saturated heterocycles. The van der Waals surface area contributed by atoms with Gasteiger partial charge in [-0.1, -0.05) is 25.4 Å². The summed E-state index contributed by atoms with van der Waals surface area (Å²) in [6.45, 7) is 4.06. The van der Waals surface area contributed by atoms with Crippen molar-refractivity contribution in [2.24, 2.45) is 5.92 Å². The van der Waals surface area contributed by atoms with Crippen LogP contribution in [0.3, 0.4) is 0 Å². The first-order valence-corrected chi connectivity index (χ1v) is 5.86. The lowest BCUT2D eigenvalue weighted by Gasteiger charge is -2.25. The van der Waals surface area contributed by atoms with Gasteiger partial charge in [0.15, 0.2) is 5.78 Å². The molecule has 0 N–H and O–H groups in total. The van der Waals surface area contributed by atoms with Gasteiger partial charge < -0.3 is 0 Å². The molecule has 2 atom stereocenters. The number of ketones is 1. The third-order valence-electron chi connectivity index (χ3n) is 2.64. The maximum absolute atomic E-state index is 11.9. The van der Waals surface area contributed by atoms with E-state index in [0.717, 1.165) is 10.5 Å². The second-order valence-corrected chi connectivity index (χ2v) is 5.47. The highest BCUT2D eigenvalue weighted by atomic mass is 35.5. The number of Topliss-reactive ketones (excluding diaryl/α,β-unsaturated/α-hetero) is 1. The molecule has 1 aliphatic rings. The summed E-state index contributed by atoms with van der Waals surface area (Å²) in [5.41, 5.74) is 0.785. The Hall–Kier alpha value is -0.470. The van der Waals surface area contributed by atoms with Gasteiger partial charge in [0.05, 0.1) is 0 Å². The zero-order valence-electron chi connectivity index (χ0n) is 8.08. The number of carbonyl (C=O) groups is 1. The van der Waals surface area contributed by atoms with Crippen molar-refractivity contribution in [3.63, 3.8) is 0 Å². The third-order valence-corrected chi connectivity index (χ3v) is 4.26. The lowest BCUT2D eigenvalue weighted by molar-refractivity contribution is 0.0924. The van der Waals surface area contributed by atoms with Gasteiger partial charge in [-0.3, -0.25) is 4.79 Å². The Labute approximate surface area is 92.8 Å². The summed E-state index contributed by atoms with van der Waals surface area (Å²) in [5, 5.41) is 0.996. The van der Waals surface area contributed by atoms with E-state index >= 15 is 0 Å². The highest BCUT2D eigenvalue weighted by molar-refractivity contribution is 8.00. The molecular weight excluding hydrogens is 216 g/mol. The van der Waals surface area contributed by atoms with Gasteiger partial charge in [-0.2, -0.15) is 0 Å². The Morgan fingerprint density at radius 3 is 2.79 bits per heavy atom. The molecule has 1 aromatic rings. The van der Waals surface area contributed by atoms with Crippen LogP contribution in [-0.2, 0) is 0 Å². The minimum Gasteiger partial charge on any atom is -0.294 e. The van der Waals surface area contributed by atoms with E-state index in [2.05, 4.69) is 6.92 Å². The van der Waals surface area contributed by atoms with E-state index in [-0.39, 0.29) is 11.7 Å². The first kappa shape index (κ1) is 10.1. The van der Waals surface area contributed by atoms with E-state index in [9.17, 15) is 4.79 Å². The van der Waals surface area contributed by atoms with Gasteiger partial charge in [-0.15, -0.1) is 11.8 Å². The summed E-state index contributed by atoms with van der Waals surface area (Å²) in [6, 6.07) is 5.54. The second-order valence-electron chi connectivity index (χ2n) is 3.62. The Bertz CT molecular complexity index is 389. The highest BCUT2D eigenvalue weighted by Gasteiger charge is 2.30. The number of benzene rings is 1. The molecule has 3 heteroatoms. The van der Waals surface area contributed by atoms with Crippen LogP contribution < -0.4 is 0 Å². The minimum atomic E-state index is 0.0889. The number of carbonyl (C=O) groups excluding carboxylic acids is 1. The van der Waals surface area contributed by atoms with E-state index in [4.69, 9.17) is 11.6 Å². The van der Waals surface area contributed by atoms with Crippen molar-refractivity contribution in [1.29, 1.82) is 0 Å². The van der Waals surface area contributed by atoms with E-state index < -0.39 is 0 Å². The van der Waals surface area contributed by atoms with Crippen LogP contribution in [0.15, 0.2) is 23.1 Å². The predicted molar refractivity (Wildman–Crippen MR) is 60.3 cm³/mol. The number of halogens is 1. The fourth-order valence-electron chi connectivity index (χ4n) is 1.56. The summed E-state index contributed by atoms with van der Waals surface area (Å²) in [6.07, 6.45) is 0. The van der Waals surface area contributed by atoms with Crippen LogP contribution in [0.1, 0.15) is 24.2 Å². The molecule has 0 saturated carbocycles. The lowest BCUT2D eigenvalue weighted by Crippen LogP contribution is -2.25. The molecule has 0 aliphatic carbocycles. The maximum Gasteiger partial charge on any atom is 0.167 e. The van der Waals surface area contributed by atoms with Gasteiger partial charge in [0.1, 0.15) is 0 Å². The smallest absolute Gasteiger partial charge is 0.167 e. The van der Waals surface area contributed by atoms with Crippen molar-refractivity contribution in [1.82, 2.24) is 0 Å². The normalized spacial score (nSPS) is 26.1. The van der Waals surface area contributed by atoms with Crippen molar-refractivity contribution >= 4 is 29.1 Å². The van der Waals surface area contributed by atoms with Crippen molar-refractivity contribution in [3.8, 4) is 0 Å². The van der Waals surface area contributed by atoms with E-state index in [1.807, 2.05) is 19.1 Å². The quantitative estimate of drug-likeness (QED) is 0.672. The van der Waals surface area contributed by atoms with Crippen LogP contribution in [0, 0.1) is 5.92 Å². The average molecular weight is 227 g/mol. The highest BCUT2D eigenvalue weighted by Crippen LogP contribution is 2.38. The first-order valence-electron chi connectivity index (χ1n) is 4.60. The molecule has 1 nitrogen and oxygen atoms in total. The monoisotopic (exact) mass is 226 g/mol. The maximum atomic E-state index is 11.9. The molecular formula is C11H11ClOS. The molecule has 0 amide bonds.